The van der Waals surface area contributed by atoms with Gasteiger partial charge in [-0.25, -0.2) is 9.97 Å². The Morgan fingerprint density at radius 1 is 1.25 bits per heavy atom. The van der Waals surface area contributed by atoms with E-state index in [1.54, 1.807) is 11.3 Å². The first kappa shape index (κ1) is 17.1. The first-order valence-electron chi connectivity index (χ1n) is 7.31. The van der Waals surface area contributed by atoms with Gasteiger partial charge in [-0.05, 0) is 30.0 Å². The van der Waals surface area contributed by atoms with Crippen molar-refractivity contribution in [2.45, 2.75) is 18.4 Å². The Bertz CT molecular complexity index is 872. The largest absolute Gasteiger partial charge is 0.356 e. The van der Waals surface area contributed by atoms with E-state index >= 15 is 0 Å². The molecule has 3 aromatic heterocycles. The SMILES string of the molecule is CC(=O)NCCc1ccc(C(=O)CSc2ncnc3ccsc23)s1. The van der Waals surface area contributed by atoms with Crippen molar-refractivity contribution in [2.24, 2.45) is 0 Å². The average molecular weight is 378 g/mol. The number of nitrogens with zero attached hydrogens (tertiary/aromatic N) is 2. The van der Waals surface area contributed by atoms with Crippen molar-refractivity contribution in [3.8, 4) is 0 Å². The summed E-state index contributed by atoms with van der Waals surface area (Å²) in [6.45, 7) is 2.09. The normalized spacial score (nSPS) is 10.9. The van der Waals surface area contributed by atoms with Gasteiger partial charge in [0.05, 0.1) is 20.8 Å². The highest BCUT2D eigenvalue weighted by Crippen LogP contribution is 2.29. The van der Waals surface area contributed by atoms with E-state index in [0.29, 0.717) is 12.3 Å². The van der Waals surface area contributed by atoms with E-state index in [-0.39, 0.29) is 11.7 Å². The van der Waals surface area contributed by atoms with Crippen LogP contribution in [0.1, 0.15) is 21.5 Å². The lowest BCUT2D eigenvalue weighted by atomic mass is 10.3. The summed E-state index contributed by atoms with van der Waals surface area (Å²) in [7, 11) is 0. The molecule has 0 saturated heterocycles. The van der Waals surface area contributed by atoms with Gasteiger partial charge in [0.2, 0.25) is 5.91 Å². The number of Topliss-reactive ketones (excluding diaryl/α,β-unsaturated/α-hetero) is 1. The summed E-state index contributed by atoms with van der Waals surface area (Å²) < 4.78 is 1.03. The van der Waals surface area contributed by atoms with Gasteiger partial charge in [-0.1, -0.05) is 11.8 Å². The van der Waals surface area contributed by atoms with Crippen LogP contribution in [0.5, 0.6) is 0 Å². The minimum Gasteiger partial charge on any atom is -0.356 e. The van der Waals surface area contributed by atoms with E-state index in [4.69, 9.17) is 0 Å². The van der Waals surface area contributed by atoms with Gasteiger partial charge < -0.3 is 5.32 Å². The number of thiophene rings is 2. The Morgan fingerprint density at radius 3 is 2.96 bits per heavy atom. The first-order valence-corrected chi connectivity index (χ1v) is 9.99. The molecular weight excluding hydrogens is 362 g/mol. The topological polar surface area (TPSA) is 72.0 Å². The van der Waals surface area contributed by atoms with Crippen molar-refractivity contribution in [2.75, 3.05) is 12.3 Å². The highest BCUT2D eigenvalue weighted by atomic mass is 32.2. The molecule has 1 N–H and O–H groups in total. The van der Waals surface area contributed by atoms with Crippen LogP contribution in [0, 0.1) is 0 Å². The summed E-state index contributed by atoms with van der Waals surface area (Å²) in [5.41, 5.74) is 0.918. The van der Waals surface area contributed by atoms with Gasteiger partial charge in [0.15, 0.2) is 5.78 Å². The highest BCUT2D eigenvalue weighted by Gasteiger charge is 2.12. The number of hydrogen-bond acceptors (Lipinski definition) is 7. The molecule has 0 saturated carbocycles. The number of rotatable bonds is 7. The van der Waals surface area contributed by atoms with Crippen LogP contribution >= 0.6 is 34.4 Å². The third kappa shape index (κ3) is 4.19. The molecule has 0 unspecified atom stereocenters. The standard InChI is InChI=1S/C16H15N3O2S3/c1-10(20)17-6-4-11-2-3-14(24-11)13(21)8-23-16-15-12(5-7-22-15)18-9-19-16/h2-3,5,7,9H,4,6,8H2,1H3,(H,17,20). The predicted molar refractivity (Wildman–Crippen MR) is 99.2 cm³/mol. The summed E-state index contributed by atoms with van der Waals surface area (Å²) in [5, 5.41) is 5.59. The fraction of sp³-hybridized carbons (Fsp3) is 0.250. The molecule has 0 aromatic carbocycles. The number of hydrogen-bond donors (Lipinski definition) is 1. The molecule has 3 aromatic rings. The van der Waals surface area contributed by atoms with Gasteiger partial charge in [-0.15, -0.1) is 22.7 Å². The predicted octanol–water partition coefficient (Wildman–Crippen LogP) is 3.41. The molecule has 124 valence electrons. The lowest BCUT2D eigenvalue weighted by molar-refractivity contribution is -0.118. The van der Waals surface area contributed by atoms with Gasteiger partial charge in [0, 0.05) is 18.3 Å². The highest BCUT2D eigenvalue weighted by molar-refractivity contribution is 8.00. The zero-order valence-corrected chi connectivity index (χ0v) is 15.4. The zero-order chi connectivity index (χ0) is 16.9. The molecule has 0 bridgehead atoms. The molecule has 8 heteroatoms. The lowest BCUT2D eigenvalue weighted by Crippen LogP contribution is -2.22. The molecule has 0 aliphatic carbocycles. The van der Waals surface area contributed by atoms with Gasteiger partial charge in [0.25, 0.3) is 0 Å². The molecule has 0 aliphatic heterocycles. The van der Waals surface area contributed by atoms with Crippen LogP contribution in [0.25, 0.3) is 10.2 Å². The van der Waals surface area contributed by atoms with E-state index < -0.39 is 0 Å². The molecule has 0 radical (unpaired) electrons. The molecule has 1 amide bonds. The second-order valence-corrected chi connectivity index (χ2v) is 8.07. The number of ketones is 1. The van der Waals surface area contributed by atoms with Crippen LogP contribution < -0.4 is 5.32 Å². The fourth-order valence-electron chi connectivity index (χ4n) is 2.10. The minimum atomic E-state index is -0.0380. The van der Waals surface area contributed by atoms with E-state index in [1.165, 1.54) is 36.3 Å². The Labute approximate surface area is 151 Å². The minimum absolute atomic E-state index is 0.0380. The van der Waals surface area contributed by atoms with Crippen molar-refractivity contribution >= 4 is 56.3 Å². The van der Waals surface area contributed by atoms with Gasteiger partial charge in [-0.2, -0.15) is 0 Å². The molecule has 0 spiro atoms. The maximum atomic E-state index is 12.4. The lowest BCUT2D eigenvalue weighted by Gasteiger charge is -2.01. The Morgan fingerprint density at radius 2 is 2.12 bits per heavy atom. The number of aromatic nitrogens is 2. The van der Waals surface area contributed by atoms with Crippen LogP contribution in [0.15, 0.2) is 34.9 Å². The Kier molecular flexibility index (Phi) is 5.60. The third-order valence-electron chi connectivity index (χ3n) is 3.23. The molecule has 3 rings (SSSR count). The summed E-state index contributed by atoms with van der Waals surface area (Å²) >= 11 is 4.52. The number of carbonyl (C=O) groups is 2. The quantitative estimate of drug-likeness (QED) is 0.388. The molecule has 0 aliphatic rings. The monoisotopic (exact) mass is 377 g/mol. The second kappa shape index (κ2) is 7.87. The van der Waals surface area contributed by atoms with E-state index in [0.717, 1.165) is 31.4 Å². The smallest absolute Gasteiger partial charge is 0.216 e. The summed E-state index contributed by atoms with van der Waals surface area (Å²) in [5.74, 6) is 0.415. The number of carbonyl (C=O) groups excluding carboxylic acids is 2. The maximum absolute atomic E-state index is 12.4. The Balaban J connectivity index is 1.58. The molecule has 0 fully saturated rings. The first-order chi connectivity index (χ1) is 11.6. The average Bonchev–Trinajstić information content (AvgIpc) is 3.21. The van der Waals surface area contributed by atoms with Crippen LogP contribution in [-0.4, -0.2) is 34.0 Å². The maximum Gasteiger partial charge on any atom is 0.216 e. The Hall–Kier alpha value is -1.77. The number of fused-ring (bicyclic) bond motifs is 1. The van der Waals surface area contributed by atoms with Crippen molar-refractivity contribution in [1.29, 1.82) is 0 Å². The fourth-order valence-corrected chi connectivity index (χ4v) is 4.96. The van der Waals surface area contributed by atoms with Crippen LogP contribution in [0.3, 0.4) is 0 Å². The number of thioether (sulfide) groups is 1. The van der Waals surface area contributed by atoms with Gasteiger partial charge in [0.1, 0.15) is 11.4 Å². The molecule has 3 heterocycles. The summed E-state index contributed by atoms with van der Waals surface area (Å²) in [6.07, 6.45) is 2.28. The van der Waals surface area contributed by atoms with E-state index in [9.17, 15) is 9.59 Å². The van der Waals surface area contributed by atoms with Gasteiger partial charge in [-0.3, -0.25) is 9.59 Å². The van der Waals surface area contributed by atoms with Crippen molar-refractivity contribution in [3.63, 3.8) is 0 Å². The van der Waals surface area contributed by atoms with Crippen LogP contribution in [0.4, 0.5) is 0 Å². The molecular formula is C16H15N3O2S3. The van der Waals surface area contributed by atoms with Gasteiger partial charge >= 0.3 is 0 Å². The summed E-state index contributed by atoms with van der Waals surface area (Å²) in [6, 6.07) is 5.76. The summed E-state index contributed by atoms with van der Waals surface area (Å²) in [4.78, 5) is 33.6. The van der Waals surface area contributed by atoms with Crippen LogP contribution in [-0.2, 0) is 11.2 Å². The van der Waals surface area contributed by atoms with Crippen molar-refractivity contribution in [3.05, 3.63) is 39.7 Å². The van der Waals surface area contributed by atoms with Crippen molar-refractivity contribution < 1.29 is 9.59 Å². The number of amides is 1. The zero-order valence-electron chi connectivity index (χ0n) is 12.9. The van der Waals surface area contributed by atoms with Crippen molar-refractivity contribution in [1.82, 2.24) is 15.3 Å². The number of nitrogens with one attached hydrogen (secondary N) is 1. The molecule has 24 heavy (non-hydrogen) atoms. The van der Waals surface area contributed by atoms with E-state index in [2.05, 4.69) is 15.3 Å². The van der Waals surface area contributed by atoms with Crippen LogP contribution in [0.2, 0.25) is 0 Å². The molecule has 0 atom stereocenters. The molecule has 5 nitrogen and oxygen atoms in total. The third-order valence-corrected chi connectivity index (χ3v) is 6.45. The second-order valence-electron chi connectivity index (χ2n) is 5.02. The van der Waals surface area contributed by atoms with E-state index in [1.807, 2.05) is 23.6 Å².